The standard InChI is InChI=1S/C28H28FN5O4/c1-4-37-24-12-17(5-9-20(24)16-6-10-23(29)21(11-16)26(35)30-2)28(36)34(3)15-18-13-31-27(38-19-7-8-19)22-14-32-33-25(18)22/h5-6,9-14,19H,4,7-8,15H2,1-3H3,(H,30,35)(H,32,33). The predicted molar refractivity (Wildman–Crippen MR) is 140 cm³/mol. The average Bonchev–Trinajstić information content (AvgIpc) is 3.60. The molecule has 0 saturated heterocycles. The number of aromatic amines is 1. The zero-order chi connectivity index (χ0) is 26.8. The number of hydrogen-bond acceptors (Lipinski definition) is 6. The van der Waals surface area contributed by atoms with Crippen LogP contribution in [0.25, 0.3) is 22.0 Å². The van der Waals surface area contributed by atoms with Crippen molar-refractivity contribution in [2.24, 2.45) is 0 Å². The maximum atomic E-state index is 14.2. The number of H-pyrrole nitrogens is 1. The summed E-state index contributed by atoms with van der Waals surface area (Å²) < 4.78 is 25.9. The first kappa shape index (κ1) is 25.2. The fraction of sp³-hybridized carbons (Fsp3) is 0.286. The summed E-state index contributed by atoms with van der Waals surface area (Å²) in [5.41, 5.74) is 3.19. The molecule has 5 rings (SSSR count). The Bertz CT molecular complexity index is 1510. The molecule has 1 aliphatic rings. The van der Waals surface area contributed by atoms with E-state index >= 15 is 0 Å². The topological polar surface area (TPSA) is 109 Å². The molecule has 9 nitrogen and oxygen atoms in total. The fourth-order valence-electron chi connectivity index (χ4n) is 4.24. The summed E-state index contributed by atoms with van der Waals surface area (Å²) in [6, 6.07) is 9.39. The number of carbonyl (C=O) groups is 2. The number of aromatic nitrogens is 3. The summed E-state index contributed by atoms with van der Waals surface area (Å²) in [5.74, 6) is -0.350. The highest BCUT2D eigenvalue weighted by atomic mass is 19.1. The van der Waals surface area contributed by atoms with Crippen molar-refractivity contribution in [3.8, 4) is 22.8 Å². The molecule has 1 aliphatic carbocycles. The van der Waals surface area contributed by atoms with Crippen molar-refractivity contribution in [2.45, 2.75) is 32.4 Å². The first-order valence-electron chi connectivity index (χ1n) is 12.4. The molecule has 2 amide bonds. The van der Waals surface area contributed by atoms with Crippen LogP contribution in [0.3, 0.4) is 0 Å². The van der Waals surface area contributed by atoms with Gasteiger partial charge in [0.1, 0.15) is 17.7 Å². The SMILES string of the molecule is CCOc1cc(C(=O)N(C)Cc2cnc(OC3CC3)c3cn[nH]c23)ccc1-c1ccc(F)c(C(=O)NC)c1. The lowest BCUT2D eigenvalue weighted by Crippen LogP contribution is -2.26. The van der Waals surface area contributed by atoms with E-state index in [1.807, 2.05) is 6.92 Å². The summed E-state index contributed by atoms with van der Waals surface area (Å²) in [5, 5.41) is 10.4. The van der Waals surface area contributed by atoms with Crippen LogP contribution < -0.4 is 14.8 Å². The lowest BCUT2D eigenvalue weighted by molar-refractivity contribution is 0.0784. The smallest absolute Gasteiger partial charge is 0.254 e. The minimum Gasteiger partial charge on any atom is -0.493 e. The van der Waals surface area contributed by atoms with E-state index in [1.54, 1.807) is 48.6 Å². The fourth-order valence-corrected chi connectivity index (χ4v) is 4.24. The van der Waals surface area contributed by atoms with E-state index in [1.165, 1.54) is 19.2 Å². The third kappa shape index (κ3) is 5.02. The van der Waals surface area contributed by atoms with Gasteiger partial charge in [0, 0.05) is 43.5 Å². The van der Waals surface area contributed by atoms with Gasteiger partial charge in [0.2, 0.25) is 5.88 Å². The van der Waals surface area contributed by atoms with Gasteiger partial charge in [0.05, 0.1) is 29.3 Å². The quantitative estimate of drug-likeness (QED) is 0.342. The van der Waals surface area contributed by atoms with Gasteiger partial charge >= 0.3 is 0 Å². The normalized spacial score (nSPS) is 12.8. The number of halogens is 1. The van der Waals surface area contributed by atoms with E-state index in [0.29, 0.717) is 41.5 Å². The summed E-state index contributed by atoms with van der Waals surface area (Å²) in [6.07, 6.45) is 5.65. The maximum absolute atomic E-state index is 14.2. The van der Waals surface area contributed by atoms with Crippen molar-refractivity contribution >= 4 is 22.7 Å². The molecule has 196 valence electrons. The molecule has 0 unspecified atom stereocenters. The molecule has 2 aromatic heterocycles. The molecule has 0 aliphatic heterocycles. The molecule has 38 heavy (non-hydrogen) atoms. The number of nitrogens with one attached hydrogen (secondary N) is 2. The van der Waals surface area contributed by atoms with Gasteiger partial charge in [-0.25, -0.2) is 9.37 Å². The molecule has 0 spiro atoms. The molecule has 1 fully saturated rings. The Morgan fingerprint density at radius 3 is 2.74 bits per heavy atom. The number of carbonyl (C=O) groups excluding carboxylic acids is 2. The Hall–Kier alpha value is -4.47. The van der Waals surface area contributed by atoms with Crippen LogP contribution in [-0.2, 0) is 6.54 Å². The Morgan fingerprint density at radius 1 is 1.18 bits per heavy atom. The maximum Gasteiger partial charge on any atom is 0.254 e. The van der Waals surface area contributed by atoms with E-state index in [2.05, 4.69) is 20.5 Å². The van der Waals surface area contributed by atoms with Crippen LogP contribution >= 0.6 is 0 Å². The Morgan fingerprint density at radius 2 is 2.00 bits per heavy atom. The van der Waals surface area contributed by atoms with Gasteiger partial charge in [-0.3, -0.25) is 14.7 Å². The van der Waals surface area contributed by atoms with E-state index in [-0.39, 0.29) is 17.6 Å². The van der Waals surface area contributed by atoms with Gasteiger partial charge in [-0.2, -0.15) is 5.10 Å². The van der Waals surface area contributed by atoms with Crippen molar-refractivity contribution < 1.29 is 23.5 Å². The first-order valence-corrected chi connectivity index (χ1v) is 12.4. The highest BCUT2D eigenvalue weighted by Crippen LogP contribution is 2.34. The van der Waals surface area contributed by atoms with Gasteiger partial charge in [-0.1, -0.05) is 6.07 Å². The molecule has 2 aromatic carbocycles. The molecule has 2 heterocycles. The van der Waals surface area contributed by atoms with Crippen LogP contribution in [-0.4, -0.2) is 58.7 Å². The molecule has 0 radical (unpaired) electrons. The van der Waals surface area contributed by atoms with Crippen LogP contribution in [0.2, 0.25) is 0 Å². The Balaban J connectivity index is 1.40. The molecule has 2 N–H and O–H groups in total. The highest BCUT2D eigenvalue weighted by Gasteiger charge is 2.26. The summed E-state index contributed by atoms with van der Waals surface area (Å²) in [4.78, 5) is 31.5. The molecule has 1 saturated carbocycles. The van der Waals surface area contributed by atoms with Crippen LogP contribution in [0, 0.1) is 5.82 Å². The molecule has 0 bridgehead atoms. The zero-order valence-electron chi connectivity index (χ0n) is 21.4. The van der Waals surface area contributed by atoms with E-state index in [0.717, 1.165) is 29.3 Å². The van der Waals surface area contributed by atoms with Crippen LogP contribution in [0.1, 0.15) is 46.0 Å². The zero-order valence-corrected chi connectivity index (χ0v) is 21.4. The number of benzene rings is 2. The second-order valence-electron chi connectivity index (χ2n) is 9.14. The second kappa shape index (κ2) is 10.5. The minimum atomic E-state index is -0.618. The van der Waals surface area contributed by atoms with Crippen molar-refractivity contribution in [2.75, 3.05) is 20.7 Å². The number of amides is 2. The molecular formula is C28H28FN5O4. The van der Waals surface area contributed by atoms with Crippen molar-refractivity contribution in [3.63, 3.8) is 0 Å². The van der Waals surface area contributed by atoms with Gasteiger partial charge < -0.3 is 19.7 Å². The first-order chi connectivity index (χ1) is 18.4. The van der Waals surface area contributed by atoms with Crippen molar-refractivity contribution in [1.29, 1.82) is 0 Å². The summed E-state index contributed by atoms with van der Waals surface area (Å²) >= 11 is 0. The lowest BCUT2D eigenvalue weighted by Gasteiger charge is -2.19. The van der Waals surface area contributed by atoms with E-state index in [9.17, 15) is 14.0 Å². The van der Waals surface area contributed by atoms with Gasteiger partial charge in [0.25, 0.3) is 11.8 Å². The molecule has 10 heteroatoms. The van der Waals surface area contributed by atoms with Gasteiger partial charge in [0.15, 0.2) is 0 Å². The van der Waals surface area contributed by atoms with Crippen molar-refractivity contribution in [3.05, 3.63) is 71.3 Å². The van der Waals surface area contributed by atoms with Gasteiger partial charge in [-0.05, 0) is 55.7 Å². The summed E-state index contributed by atoms with van der Waals surface area (Å²) in [7, 11) is 3.16. The molecule has 4 aromatic rings. The predicted octanol–water partition coefficient (Wildman–Crippen LogP) is 4.34. The van der Waals surface area contributed by atoms with E-state index in [4.69, 9.17) is 9.47 Å². The highest BCUT2D eigenvalue weighted by molar-refractivity contribution is 5.97. The number of hydrogen-bond donors (Lipinski definition) is 2. The van der Waals surface area contributed by atoms with Crippen molar-refractivity contribution in [1.82, 2.24) is 25.4 Å². The third-order valence-electron chi connectivity index (χ3n) is 6.36. The lowest BCUT2D eigenvalue weighted by atomic mass is 9.99. The molecular weight excluding hydrogens is 489 g/mol. The Labute approximate surface area is 219 Å². The number of fused-ring (bicyclic) bond motifs is 1. The average molecular weight is 518 g/mol. The largest absolute Gasteiger partial charge is 0.493 e. The molecule has 0 atom stereocenters. The van der Waals surface area contributed by atoms with Crippen LogP contribution in [0.5, 0.6) is 11.6 Å². The minimum absolute atomic E-state index is 0.0698. The van der Waals surface area contributed by atoms with Crippen LogP contribution in [0.4, 0.5) is 4.39 Å². The van der Waals surface area contributed by atoms with Gasteiger partial charge in [-0.15, -0.1) is 0 Å². The number of pyridine rings is 1. The Kier molecular flexibility index (Phi) is 6.95. The third-order valence-corrected chi connectivity index (χ3v) is 6.36. The van der Waals surface area contributed by atoms with E-state index < -0.39 is 11.7 Å². The number of ether oxygens (including phenoxy) is 2. The summed E-state index contributed by atoms with van der Waals surface area (Å²) in [6.45, 7) is 2.50. The monoisotopic (exact) mass is 517 g/mol. The second-order valence-corrected chi connectivity index (χ2v) is 9.14. The number of nitrogens with zero attached hydrogens (tertiary/aromatic N) is 3. The number of rotatable bonds is 9. The van der Waals surface area contributed by atoms with Crippen LogP contribution in [0.15, 0.2) is 48.8 Å².